The molecule has 1 aliphatic heterocycles. The highest BCUT2D eigenvalue weighted by Crippen LogP contribution is 2.08. The number of likely N-dealkylation sites (tertiary alicyclic amines) is 1. The average Bonchev–Trinajstić information content (AvgIpc) is 2.30. The van der Waals surface area contributed by atoms with Crippen LogP contribution < -0.4 is 0 Å². The van der Waals surface area contributed by atoms with Gasteiger partial charge in [0.2, 0.25) is 0 Å². The highest BCUT2D eigenvalue weighted by atomic mass is 16.2. The molecule has 2 rings (SSSR count). The molecule has 0 radical (unpaired) electrons. The molecular weight excluding hydrogens is 194 g/mol. The Balaban J connectivity index is 2.06. The molecular formula is C10H11N3O2. The van der Waals surface area contributed by atoms with Gasteiger partial charge in [-0.15, -0.1) is 5.10 Å². The van der Waals surface area contributed by atoms with Crippen molar-refractivity contribution in [1.29, 1.82) is 0 Å². The summed E-state index contributed by atoms with van der Waals surface area (Å²) in [5, 5.41) is 7.40. The maximum absolute atomic E-state index is 11.8. The van der Waals surface area contributed by atoms with Crippen LogP contribution in [0.4, 0.5) is 0 Å². The largest absolute Gasteiger partial charge is 0.336 e. The number of carbonyl (C=O) groups is 2. The molecule has 5 nitrogen and oxygen atoms in total. The van der Waals surface area contributed by atoms with E-state index in [1.165, 1.54) is 6.20 Å². The van der Waals surface area contributed by atoms with Gasteiger partial charge in [0.1, 0.15) is 5.78 Å². The van der Waals surface area contributed by atoms with E-state index in [0.717, 1.165) is 0 Å². The van der Waals surface area contributed by atoms with Crippen LogP contribution in [-0.2, 0) is 4.79 Å². The van der Waals surface area contributed by atoms with Crippen molar-refractivity contribution in [2.45, 2.75) is 12.8 Å². The van der Waals surface area contributed by atoms with Gasteiger partial charge in [0.25, 0.3) is 5.91 Å². The third-order valence-corrected chi connectivity index (χ3v) is 2.40. The van der Waals surface area contributed by atoms with Crippen molar-refractivity contribution < 1.29 is 9.59 Å². The fourth-order valence-corrected chi connectivity index (χ4v) is 1.54. The summed E-state index contributed by atoms with van der Waals surface area (Å²) in [5.74, 6) is 0.0776. The Hall–Kier alpha value is -1.78. The fraction of sp³-hybridized carbons (Fsp3) is 0.400. The maximum atomic E-state index is 11.8. The topological polar surface area (TPSA) is 63.2 Å². The maximum Gasteiger partial charge on any atom is 0.274 e. The van der Waals surface area contributed by atoms with E-state index in [0.29, 0.717) is 31.6 Å². The van der Waals surface area contributed by atoms with Crippen LogP contribution in [0, 0.1) is 0 Å². The number of aromatic nitrogens is 2. The van der Waals surface area contributed by atoms with Crippen LogP contribution in [0.2, 0.25) is 0 Å². The molecule has 1 fully saturated rings. The van der Waals surface area contributed by atoms with Gasteiger partial charge in [0.15, 0.2) is 5.69 Å². The minimum absolute atomic E-state index is 0.143. The molecule has 0 atom stereocenters. The molecule has 0 spiro atoms. The van der Waals surface area contributed by atoms with Crippen LogP contribution in [0.3, 0.4) is 0 Å². The van der Waals surface area contributed by atoms with Gasteiger partial charge < -0.3 is 4.90 Å². The molecule has 1 aromatic heterocycles. The van der Waals surface area contributed by atoms with E-state index in [9.17, 15) is 9.59 Å². The zero-order valence-corrected chi connectivity index (χ0v) is 8.22. The summed E-state index contributed by atoms with van der Waals surface area (Å²) < 4.78 is 0. The standard InChI is InChI=1S/C10H11N3O2/c14-8-3-6-13(7-4-8)10(15)9-2-1-5-11-12-9/h1-2,5H,3-4,6-7H2. The van der Waals surface area contributed by atoms with Crippen molar-refractivity contribution in [1.82, 2.24) is 15.1 Å². The molecule has 0 unspecified atom stereocenters. The summed E-state index contributed by atoms with van der Waals surface area (Å²) in [6.45, 7) is 0.989. The Labute approximate surface area is 87.1 Å². The highest BCUT2D eigenvalue weighted by molar-refractivity contribution is 5.93. The van der Waals surface area contributed by atoms with Gasteiger partial charge in [-0.1, -0.05) is 0 Å². The Morgan fingerprint density at radius 3 is 2.67 bits per heavy atom. The monoisotopic (exact) mass is 205 g/mol. The smallest absolute Gasteiger partial charge is 0.274 e. The summed E-state index contributed by atoms with van der Waals surface area (Å²) in [4.78, 5) is 24.5. The molecule has 0 aromatic carbocycles. The molecule has 5 heteroatoms. The van der Waals surface area contributed by atoms with E-state index in [-0.39, 0.29) is 11.7 Å². The van der Waals surface area contributed by atoms with Crippen molar-refractivity contribution in [3.63, 3.8) is 0 Å². The number of piperidine rings is 1. The van der Waals surface area contributed by atoms with Crippen LogP contribution in [0.1, 0.15) is 23.3 Å². The Morgan fingerprint density at radius 2 is 2.07 bits per heavy atom. The first-order valence-corrected chi connectivity index (χ1v) is 4.86. The summed E-state index contributed by atoms with van der Waals surface area (Å²) >= 11 is 0. The van der Waals surface area contributed by atoms with Gasteiger partial charge in [-0.2, -0.15) is 5.10 Å². The van der Waals surface area contributed by atoms with Gasteiger partial charge in [-0.25, -0.2) is 0 Å². The molecule has 0 aliphatic carbocycles. The van der Waals surface area contributed by atoms with Crippen molar-refractivity contribution in [2.75, 3.05) is 13.1 Å². The summed E-state index contributed by atoms with van der Waals surface area (Å²) in [7, 11) is 0. The second-order valence-electron chi connectivity index (χ2n) is 3.44. The number of Topliss-reactive ketones (excluding diaryl/α,β-unsaturated/α-hetero) is 1. The second kappa shape index (κ2) is 4.16. The van der Waals surface area contributed by atoms with Crippen molar-refractivity contribution >= 4 is 11.7 Å². The first-order chi connectivity index (χ1) is 7.27. The number of nitrogens with zero attached hydrogens (tertiary/aromatic N) is 3. The van der Waals surface area contributed by atoms with E-state index in [4.69, 9.17) is 0 Å². The van der Waals surface area contributed by atoms with Crippen molar-refractivity contribution in [2.24, 2.45) is 0 Å². The number of ketones is 1. The third-order valence-electron chi connectivity index (χ3n) is 2.40. The molecule has 0 saturated carbocycles. The minimum Gasteiger partial charge on any atom is -0.336 e. The molecule has 15 heavy (non-hydrogen) atoms. The van der Waals surface area contributed by atoms with E-state index < -0.39 is 0 Å². The highest BCUT2D eigenvalue weighted by Gasteiger charge is 2.22. The summed E-state index contributed by atoms with van der Waals surface area (Å²) in [5.41, 5.74) is 0.340. The van der Waals surface area contributed by atoms with Crippen LogP contribution in [0.25, 0.3) is 0 Å². The first kappa shape index (κ1) is 9.76. The van der Waals surface area contributed by atoms with E-state index in [1.54, 1.807) is 17.0 Å². The number of rotatable bonds is 1. The zero-order chi connectivity index (χ0) is 10.7. The molecule has 1 saturated heterocycles. The molecule has 0 N–H and O–H groups in total. The summed E-state index contributed by atoms with van der Waals surface area (Å²) in [6, 6.07) is 3.31. The average molecular weight is 205 g/mol. The van der Waals surface area contributed by atoms with Gasteiger partial charge in [0.05, 0.1) is 0 Å². The number of amides is 1. The Kier molecular flexibility index (Phi) is 2.71. The lowest BCUT2D eigenvalue weighted by Crippen LogP contribution is -2.39. The van der Waals surface area contributed by atoms with Crippen molar-refractivity contribution in [3.05, 3.63) is 24.0 Å². The van der Waals surface area contributed by atoms with Crippen LogP contribution in [0.5, 0.6) is 0 Å². The van der Waals surface area contributed by atoms with Crippen molar-refractivity contribution in [3.8, 4) is 0 Å². The van der Waals surface area contributed by atoms with E-state index >= 15 is 0 Å². The van der Waals surface area contributed by atoms with Crippen LogP contribution in [0.15, 0.2) is 18.3 Å². The van der Waals surface area contributed by atoms with Gasteiger partial charge in [-0.3, -0.25) is 9.59 Å². The van der Waals surface area contributed by atoms with Gasteiger partial charge in [0, 0.05) is 32.1 Å². The summed E-state index contributed by atoms with van der Waals surface area (Å²) in [6.07, 6.45) is 2.43. The van der Waals surface area contributed by atoms with Crippen LogP contribution in [-0.4, -0.2) is 39.9 Å². The Morgan fingerprint density at radius 1 is 1.33 bits per heavy atom. The normalized spacial score (nSPS) is 16.5. The lowest BCUT2D eigenvalue weighted by molar-refractivity contribution is -0.120. The quantitative estimate of drug-likeness (QED) is 0.660. The van der Waals surface area contributed by atoms with Gasteiger partial charge >= 0.3 is 0 Å². The molecule has 2 heterocycles. The molecule has 1 aromatic rings. The predicted octanol–water partition coefficient (Wildman–Crippen LogP) is 0.282. The van der Waals surface area contributed by atoms with Gasteiger partial charge in [-0.05, 0) is 12.1 Å². The van der Waals surface area contributed by atoms with E-state index in [1.807, 2.05) is 0 Å². The number of carbonyl (C=O) groups excluding carboxylic acids is 2. The lowest BCUT2D eigenvalue weighted by Gasteiger charge is -2.25. The molecule has 1 aliphatic rings. The Bertz CT molecular complexity index is 368. The fourth-order valence-electron chi connectivity index (χ4n) is 1.54. The molecule has 1 amide bonds. The van der Waals surface area contributed by atoms with E-state index in [2.05, 4.69) is 10.2 Å². The van der Waals surface area contributed by atoms with Crippen LogP contribution >= 0.6 is 0 Å². The minimum atomic E-state index is -0.143. The third kappa shape index (κ3) is 2.18. The predicted molar refractivity (Wildman–Crippen MR) is 52.2 cm³/mol. The zero-order valence-electron chi connectivity index (χ0n) is 8.22. The number of hydrogen-bond acceptors (Lipinski definition) is 4. The second-order valence-corrected chi connectivity index (χ2v) is 3.44. The molecule has 78 valence electrons. The SMILES string of the molecule is O=C1CCN(C(=O)c2cccnn2)CC1. The number of hydrogen-bond donors (Lipinski definition) is 0. The first-order valence-electron chi connectivity index (χ1n) is 4.86. The molecule has 0 bridgehead atoms. The lowest BCUT2D eigenvalue weighted by atomic mass is 10.1.